The number of ketones is 1. The van der Waals surface area contributed by atoms with Crippen molar-refractivity contribution in [1.29, 1.82) is 0 Å². The minimum Gasteiger partial charge on any atom is -0.507 e. The maximum atomic E-state index is 12.7. The van der Waals surface area contributed by atoms with E-state index in [4.69, 9.17) is 0 Å². The van der Waals surface area contributed by atoms with Gasteiger partial charge in [-0.05, 0) is 74.6 Å². The standard InChI is InChI=1S/C23H24N2O2S/c1-13-7-6-8-19(16(13)4)23-25-17(5)22(28-23)20(26)12-24-11-18-9-14(2)21(27)15(3)10-18/h6-11,27H,12H2,1-5H3. The third-order valence-corrected chi connectivity index (χ3v) is 6.11. The second-order valence-electron chi connectivity index (χ2n) is 7.08. The van der Waals surface area contributed by atoms with E-state index in [1.165, 1.54) is 22.5 Å². The topological polar surface area (TPSA) is 62.5 Å². The molecule has 3 aromatic rings. The van der Waals surface area contributed by atoms with Gasteiger partial charge in [0.15, 0.2) is 5.78 Å². The minimum atomic E-state index is -0.0324. The van der Waals surface area contributed by atoms with E-state index in [0.717, 1.165) is 33.0 Å². The molecular formula is C23H24N2O2S. The lowest BCUT2D eigenvalue weighted by Gasteiger charge is -2.04. The predicted molar refractivity (Wildman–Crippen MR) is 116 cm³/mol. The number of aryl methyl sites for hydroxylation is 4. The van der Waals surface area contributed by atoms with Crippen LogP contribution in [0.2, 0.25) is 0 Å². The van der Waals surface area contributed by atoms with Crippen molar-refractivity contribution in [2.75, 3.05) is 6.54 Å². The molecule has 0 aliphatic heterocycles. The van der Waals surface area contributed by atoms with Gasteiger partial charge in [0.05, 0.1) is 10.6 Å². The van der Waals surface area contributed by atoms with Crippen molar-refractivity contribution >= 4 is 23.3 Å². The van der Waals surface area contributed by atoms with Crippen LogP contribution in [-0.2, 0) is 0 Å². The number of thiazole rings is 1. The van der Waals surface area contributed by atoms with Crippen LogP contribution >= 0.6 is 11.3 Å². The molecule has 3 rings (SSSR count). The monoisotopic (exact) mass is 392 g/mol. The summed E-state index contributed by atoms with van der Waals surface area (Å²) in [6.07, 6.45) is 1.68. The summed E-state index contributed by atoms with van der Waals surface area (Å²) in [5.74, 6) is 0.266. The molecule has 28 heavy (non-hydrogen) atoms. The summed E-state index contributed by atoms with van der Waals surface area (Å²) in [4.78, 5) is 22.2. The highest BCUT2D eigenvalue weighted by Gasteiger charge is 2.17. The van der Waals surface area contributed by atoms with E-state index < -0.39 is 0 Å². The van der Waals surface area contributed by atoms with Crippen LogP contribution in [0.15, 0.2) is 35.3 Å². The van der Waals surface area contributed by atoms with Crippen LogP contribution < -0.4 is 0 Å². The van der Waals surface area contributed by atoms with Crippen LogP contribution in [0.1, 0.15) is 43.2 Å². The Morgan fingerprint density at radius 2 is 1.79 bits per heavy atom. The molecule has 0 radical (unpaired) electrons. The number of rotatable bonds is 5. The van der Waals surface area contributed by atoms with Crippen molar-refractivity contribution in [2.24, 2.45) is 4.99 Å². The van der Waals surface area contributed by atoms with Crippen LogP contribution in [-0.4, -0.2) is 28.6 Å². The fourth-order valence-corrected chi connectivity index (χ4v) is 4.20. The molecule has 1 heterocycles. The molecular weight excluding hydrogens is 368 g/mol. The van der Waals surface area contributed by atoms with Gasteiger partial charge in [0.1, 0.15) is 17.3 Å². The highest BCUT2D eigenvalue weighted by atomic mass is 32.1. The lowest BCUT2D eigenvalue weighted by Crippen LogP contribution is -2.03. The Morgan fingerprint density at radius 3 is 2.46 bits per heavy atom. The largest absolute Gasteiger partial charge is 0.507 e. The number of Topliss-reactive ketones (excluding diaryl/α,β-unsaturated/α-hetero) is 1. The molecule has 0 amide bonds. The SMILES string of the molecule is Cc1cccc(-c2nc(C)c(C(=O)CN=Cc3cc(C)c(O)c(C)c3)s2)c1C. The van der Waals surface area contributed by atoms with E-state index in [9.17, 15) is 9.90 Å². The van der Waals surface area contributed by atoms with Gasteiger partial charge < -0.3 is 5.11 Å². The van der Waals surface area contributed by atoms with Gasteiger partial charge in [-0.15, -0.1) is 11.3 Å². The Morgan fingerprint density at radius 1 is 1.11 bits per heavy atom. The molecule has 0 fully saturated rings. The number of benzene rings is 2. The first-order chi connectivity index (χ1) is 13.3. The van der Waals surface area contributed by atoms with Gasteiger partial charge in [0.25, 0.3) is 0 Å². The molecule has 0 spiro atoms. The number of phenolic OH excluding ortho intramolecular Hbond substituents is 1. The molecule has 1 N–H and O–H groups in total. The van der Waals surface area contributed by atoms with Crippen molar-refractivity contribution < 1.29 is 9.90 Å². The molecule has 0 saturated heterocycles. The van der Waals surface area contributed by atoms with Gasteiger partial charge in [-0.3, -0.25) is 9.79 Å². The second kappa shape index (κ2) is 8.07. The number of hydrogen-bond acceptors (Lipinski definition) is 5. The predicted octanol–water partition coefficient (Wildman–Crippen LogP) is 5.36. The molecule has 0 unspecified atom stereocenters. The molecule has 0 bridgehead atoms. The number of aliphatic imine (C=N–C) groups is 1. The van der Waals surface area contributed by atoms with Gasteiger partial charge >= 0.3 is 0 Å². The first-order valence-corrected chi connectivity index (χ1v) is 9.97. The van der Waals surface area contributed by atoms with Gasteiger partial charge in [-0.2, -0.15) is 0 Å². The highest BCUT2D eigenvalue weighted by Crippen LogP contribution is 2.31. The first kappa shape index (κ1) is 20.0. The number of carbonyl (C=O) groups excluding carboxylic acids is 1. The van der Waals surface area contributed by atoms with Crippen LogP contribution in [0.4, 0.5) is 0 Å². The van der Waals surface area contributed by atoms with Crippen molar-refractivity contribution in [1.82, 2.24) is 4.98 Å². The lowest BCUT2D eigenvalue weighted by atomic mass is 10.0. The van der Waals surface area contributed by atoms with Crippen LogP contribution in [0.25, 0.3) is 10.6 Å². The summed E-state index contributed by atoms with van der Waals surface area (Å²) in [5, 5.41) is 10.7. The summed E-state index contributed by atoms with van der Waals surface area (Å²) in [6.45, 7) is 9.80. The molecule has 0 aliphatic rings. The van der Waals surface area contributed by atoms with Gasteiger partial charge in [0, 0.05) is 11.8 Å². The molecule has 144 valence electrons. The smallest absolute Gasteiger partial charge is 0.196 e. The maximum absolute atomic E-state index is 12.7. The van der Waals surface area contributed by atoms with Crippen LogP contribution in [0.3, 0.4) is 0 Å². The average Bonchev–Trinajstić information content (AvgIpc) is 3.03. The molecule has 0 aliphatic carbocycles. The number of nitrogens with zero attached hydrogens (tertiary/aromatic N) is 2. The van der Waals surface area contributed by atoms with Crippen molar-refractivity contribution in [3.8, 4) is 16.3 Å². The number of aromatic nitrogens is 1. The van der Waals surface area contributed by atoms with Crippen LogP contribution in [0, 0.1) is 34.6 Å². The second-order valence-corrected chi connectivity index (χ2v) is 8.08. The lowest BCUT2D eigenvalue weighted by molar-refractivity contribution is 0.100. The van der Waals surface area contributed by atoms with E-state index in [-0.39, 0.29) is 12.3 Å². The van der Waals surface area contributed by atoms with E-state index in [1.807, 2.05) is 45.0 Å². The number of carbonyl (C=O) groups is 1. The third-order valence-electron chi connectivity index (χ3n) is 4.87. The molecule has 0 saturated carbocycles. The zero-order valence-corrected chi connectivity index (χ0v) is 17.6. The Balaban J connectivity index is 1.78. The highest BCUT2D eigenvalue weighted by molar-refractivity contribution is 7.17. The quantitative estimate of drug-likeness (QED) is 0.470. The van der Waals surface area contributed by atoms with Crippen LogP contribution in [0.5, 0.6) is 5.75 Å². The summed E-state index contributed by atoms with van der Waals surface area (Å²) >= 11 is 1.43. The van der Waals surface area contributed by atoms with E-state index in [1.54, 1.807) is 6.21 Å². The fourth-order valence-electron chi connectivity index (χ4n) is 3.12. The molecule has 1 aromatic heterocycles. The number of phenols is 1. The Labute approximate surface area is 169 Å². The Hall–Kier alpha value is -2.79. The van der Waals surface area contributed by atoms with Crippen molar-refractivity contribution in [3.63, 3.8) is 0 Å². The number of aromatic hydroxyl groups is 1. The first-order valence-electron chi connectivity index (χ1n) is 9.15. The summed E-state index contributed by atoms with van der Waals surface area (Å²) in [6, 6.07) is 9.84. The van der Waals surface area contributed by atoms with Gasteiger partial charge in [-0.1, -0.05) is 18.2 Å². The Bertz CT molecular complexity index is 1060. The third kappa shape index (κ3) is 4.04. The molecule has 4 nitrogen and oxygen atoms in total. The van der Waals surface area contributed by atoms with Crippen molar-refractivity contribution in [3.05, 3.63) is 68.7 Å². The summed E-state index contributed by atoms with van der Waals surface area (Å²) in [5.41, 5.74) is 6.68. The molecule has 0 atom stereocenters. The summed E-state index contributed by atoms with van der Waals surface area (Å²) < 4.78 is 0. The molecule has 5 heteroatoms. The average molecular weight is 393 g/mol. The number of hydrogen-bond donors (Lipinski definition) is 1. The minimum absolute atomic E-state index is 0.0324. The van der Waals surface area contributed by atoms with Crippen molar-refractivity contribution in [2.45, 2.75) is 34.6 Å². The molecule has 2 aromatic carbocycles. The zero-order valence-electron chi connectivity index (χ0n) is 16.8. The fraction of sp³-hybridized carbons (Fsp3) is 0.261. The van der Waals surface area contributed by atoms with Gasteiger partial charge in [-0.25, -0.2) is 4.98 Å². The van der Waals surface area contributed by atoms with Gasteiger partial charge in [0.2, 0.25) is 0 Å². The Kier molecular flexibility index (Phi) is 5.75. The zero-order chi connectivity index (χ0) is 20.4. The maximum Gasteiger partial charge on any atom is 0.196 e. The summed E-state index contributed by atoms with van der Waals surface area (Å²) in [7, 11) is 0. The normalized spacial score (nSPS) is 11.3. The van der Waals surface area contributed by atoms with E-state index in [0.29, 0.717) is 10.6 Å². The van der Waals surface area contributed by atoms with E-state index in [2.05, 4.69) is 29.9 Å². The van der Waals surface area contributed by atoms with E-state index >= 15 is 0 Å².